The first-order chi connectivity index (χ1) is 7.69. The molecular weight excluding hydrogens is 220 g/mol. The van der Waals surface area contributed by atoms with Crippen LogP contribution in [0, 0.1) is 13.8 Å². The fraction of sp³-hybridized carbons (Fsp3) is 0.750. The number of aromatic nitrogens is 1. The van der Waals surface area contributed by atoms with Gasteiger partial charge in [0.05, 0.1) is 23.4 Å². The number of rotatable bonds is 7. The lowest BCUT2D eigenvalue weighted by Gasteiger charge is -2.17. The number of hydrogen-bond donors (Lipinski definition) is 1. The molecule has 0 amide bonds. The van der Waals surface area contributed by atoms with E-state index in [2.05, 4.69) is 31.1 Å². The maximum Gasteiger partial charge on any atom is 0.0900 e. The summed E-state index contributed by atoms with van der Waals surface area (Å²) < 4.78 is 5.53. The normalized spacial score (nSPS) is 13.0. The molecule has 0 saturated heterocycles. The van der Waals surface area contributed by atoms with Gasteiger partial charge in [0.1, 0.15) is 0 Å². The maximum absolute atomic E-state index is 5.53. The third-order valence-electron chi connectivity index (χ3n) is 2.39. The van der Waals surface area contributed by atoms with Crippen LogP contribution in [0.4, 0.5) is 0 Å². The van der Waals surface area contributed by atoms with Crippen LogP contribution in [0.2, 0.25) is 0 Å². The van der Waals surface area contributed by atoms with Gasteiger partial charge in [-0.2, -0.15) is 0 Å². The minimum Gasteiger partial charge on any atom is -0.380 e. The monoisotopic (exact) mass is 242 g/mol. The van der Waals surface area contributed by atoms with Gasteiger partial charge in [0, 0.05) is 11.5 Å². The molecule has 0 saturated carbocycles. The highest BCUT2D eigenvalue weighted by atomic mass is 32.1. The van der Waals surface area contributed by atoms with E-state index in [1.54, 1.807) is 11.3 Å². The molecule has 1 atom stereocenters. The highest BCUT2D eigenvalue weighted by Crippen LogP contribution is 2.25. The van der Waals surface area contributed by atoms with Crippen molar-refractivity contribution in [1.29, 1.82) is 0 Å². The van der Waals surface area contributed by atoms with E-state index in [0.717, 1.165) is 36.9 Å². The molecule has 0 fully saturated rings. The van der Waals surface area contributed by atoms with Crippen LogP contribution in [0.5, 0.6) is 0 Å². The molecule has 1 aromatic heterocycles. The SMILES string of the molecule is CCCNC(COCC)c1sc(C)nc1C. The number of nitrogens with one attached hydrogen (secondary N) is 1. The Morgan fingerprint density at radius 3 is 2.62 bits per heavy atom. The average Bonchev–Trinajstić information content (AvgIpc) is 2.58. The van der Waals surface area contributed by atoms with Crippen LogP contribution in [0.3, 0.4) is 0 Å². The number of aryl methyl sites for hydroxylation is 2. The lowest BCUT2D eigenvalue weighted by atomic mass is 10.2. The van der Waals surface area contributed by atoms with Gasteiger partial charge in [-0.25, -0.2) is 4.98 Å². The van der Waals surface area contributed by atoms with Gasteiger partial charge in [0.2, 0.25) is 0 Å². The van der Waals surface area contributed by atoms with Gasteiger partial charge >= 0.3 is 0 Å². The number of nitrogens with zero attached hydrogens (tertiary/aromatic N) is 1. The lowest BCUT2D eigenvalue weighted by molar-refractivity contribution is 0.123. The molecule has 1 heterocycles. The molecule has 92 valence electrons. The lowest BCUT2D eigenvalue weighted by Crippen LogP contribution is -2.26. The van der Waals surface area contributed by atoms with Gasteiger partial charge in [0.15, 0.2) is 0 Å². The van der Waals surface area contributed by atoms with Crippen molar-refractivity contribution in [3.05, 3.63) is 15.6 Å². The molecule has 0 spiro atoms. The number of ether oxygens (including phenoxy) is 1. The van der Waals surface area contributed by atoms with Crippen LogP contribution in [0.25, 0.3) is 0 Å². The summed E-state index contributed by atoms with van der Waals surface area (Å²) in [5, 5.41) is 4.65. The Bertz CT molecular complexity index is 304. The Hall–Kier alpha value is -0.450. The standard InChI is InChI=1S/C12H22N2OS/c1-5-7-13-11(8-15-6-2)12-9(3)14-10(4)16-12/h11,13H,5-8H2,1-4H3. The predicted molar refractivity (Wildman–Crippen MR) is 69.1 cm³/mol. The van der Waals surface area contributed by atoms with Crippen LogP contribution >= 0.6 is 11.3 Å². The first-order valence-electron chi connectivity index (χ1n) is 5.94. The first-order valence-corrected chi connectivity index (χ1v) is 6.75. The maximum atomic E-state index is 5.53. The summed E-state index contributed by atoms with van der Waals surface area (Å²) >= 11 is 1.77. The van der Waals surface area contributed by atoms with E-state index in [0.29, 0.717) is 6.04 Å². The largest absolute Gasteiger partial charge is 0.380 e. The number of thiazole rings is 1. The molecule has 0 aliphatic carbocycles. The third-order valence-corrected chi connectivity index (χ3v) is 3.57. The zero-order valence-electron chi connectivity index (χ0n) is 10.7. The van der Waals surface area contributed by atoms with E-state index >= 15 is 0 Å². The Morgan fingerprint density at radius 1 is 1.38 bits per heavy atom. The Kier molecular flexibility index (Phi) is 5.95. The van der Waals surface area contributed by atoms with E-state index in [9.17, 15) is 0 Å². The van der Waals surface area contributed by atoms with Crippen LogP contribution in [0.15, 0.2) is 0 Å². The van der Waals surface area contributed by atoms with Crippen molar-refractivity contribution in [1.82, 2.24) is 10.3 Å². The number of hydrogen-bond acceptors (Lipinski definition) is 4. The molecule has 3 nitrogen and oxygen atoms in total. The average molecular weight is 242 g/mol. The van der Waals surface area contributed by atoms with Crippen molar-refractivity contribution in [2.45, 2.75) is 40.2 Å². The van der Waals surface area contributed by atoms with Crippen molar-refractivity contribution < 1.29 is 4.74 Å². The van der Waals surface area contributed by atoms with Crippen LogP contribution in [-0.2, 0) is 4.74 Å². The molecule has 0 radical (unpaired) electrons. The topological polar surface area (TPSA) is 34.1 Å². The summed E-state index contributed by atoms with van der Waals surface area (Å²) in [4.78, 5) is 5.79. The second kappa shape index (κ2) is 6.99. The van der Waals surface area contributed by atoms with E-state index < -0.39 is 0 Å². The van der Waals surface area contributed by atoms with Crippen molar-refractivity contribution in [2.75, 3.05) is 19.8 Å². The molecule has 0 aromatic carbocycles. The molecule has 1 unspecified atom stereocenters. The smallest absolute Gasteiger partial charge is 0.0900 e. The van der Waals surface area contributed by atoms with Crippen molar-refractivity contribution in [3.8, 4) is 0 Å². The second-order valence-electron chi connectivity index (χ2n) is 3.85. The zero-order valence-corrected chi connectivity index (χ0v) is 11.5. The van der Waals surface area contributed by atoms with Gasteiger partial charge in [-0.3, -0.25) is 0 Å². The van der Waals surface area contributed by atoms with E-state index in [-0.39, 0.29) is 0 Å². The van der Waals surface area contributed by atoms with Crippen LogP contribution in [0.1, 0.15) is 41.9 Å². The summed E-state index contributed by atoms with van der Waals surface area (Å²) in [5.74, 6) is 0. The minimum atomic E-state index is 0.297. The highest BCUT2D eigenvalue weighted by Gasteiger charge is 2.16. The van der Waals surface area contributed by atoms with Crippen LogP contribution < -0.4 is 5.32 Å². The van der Waals surface area contributed by atoms with Crippen LogP contribution in [-0.4, -0.2) is 24.7 Å². The summed E-state index contributed by atoms with van der Waals surface area (Å²) in [6.07, 6.45) is 1.14. The van der Waals surface area contributed by atoms with Gasteiger partial charge in [-0.05, 0) is 33.7 Å². The van der Waals surface area contributed by atoms with E-state index in [1.165, 1.54) is 4.88 Å². The molecule has 1 N–H and O–H groups in total. The highest BCUT2D eigenvalue weighted by molar-refractivity contribution is 7.11. The molecule has 0 aliphatic rings. The van der Waals surface area contributed by atoms with Crippen molar-refractivity contribution in [2.24, 2.45) is 0 Å². The Labute approximate surface area is 102 Å². The molecule has 0 bridgehead atoms. The Balaban J connectivity index is 2.70. The molecule has 4 heteroatoms. The summed E-state index contributed by atoms with van der Waals surface area (Å²) in [5.41, 5.74) is 1.14. The molecular formula is C12H22N2OS. The first kappa shape index (κ1) is 13.6. The fourth-order valence-electron chi connectivity index (χ4n) is 1.65. The minimum absolute atomic E-state index is 0.297. The Morgan fingerprint density at radius 2 is 2.12 bits per heavy atom. The van der Waals surface area contributed by atoms with E-state index in [1.807, 2.05) is 6.92 Å². The quantitative estimate of drug-likeness (QED) is 0.798. The van der Waals surface area contributed by atoms with Gasteiger partial charge in [-0.1, -0.05) is 6.92 Å². The van der Waals surface area contributed by atoms with Gasteiger partial charge in [0.25, 0.3) is 0 Å². The predicted octanol–water partition coefficient (Wildman–Crippen LogP) is 2.84. The summed E-state index contributed by atoms with van der Waals surface area (Å²) in [6.45, 7) is 10.9. The molecule has 0 aliphatic heterocycles. The second-order valence-corrected chi connectivity index (χ2v) is 5.08. The molecule has 1 aromatic rings. The molecule has 1 rings (SSSR count). The third kappa shape index (κ3) is 3.85. The zero-order chi connectivity index (χ0) is 12.0. The van der Waals surface area contributed by atoms with Gasteiger partial charge in [-0.15, -0.1) is 11.3 Å². The summed E-state index contributed by atoms with van der Waals surface area (Å²) in [6, 6.07) is 0.297. The van der Waals surface area contributed by atoms with Crippen molar-refractivity contribution >= 4 is 11.3 Å². The van der Waals surface area contributed by atoms with Crippen molar-refractivity contribution in [3.63, 3.8) is 0 Å². The molecule has 16 heavy (non-hydrogen) atoms. The van der Waals surface area contributed by atoms with Gasteiger partial charge < -0.3 is 10.1 Å². The van der Waals surface area contributed by atoms with E-state index in [4.69, 9.17) is 4.74 Å². The fourth-order valence-corrected chi connectivity index (χ4v) is 2.64. The summed E-state index contributed by atoms with van der Waals surface area (Å²) in [7, 11) is 0.